The van der Waals surface area contributed by atoms with Crippen molar-refractivity contribution in [2.45, 2.75) is 32.9 Å². The van der Waals surface area contributed by atoms with Crippen molar-refractivity contribution in [3.8, 4) is 0 Å². The number of primary amides is 1. The monoisotopic (exact) mass is 226 g/mol. The lowest BCUT2D eigenvalue weighted by molar-refractivity contribution is -0.118. The predicted molar refractivity (Wildman–Crippen MR) is 63.7 cm³/mol. The molecule has 0 atom stereocenters. The molecule has 4 heteroatoms. The maximum atomic E-state index is 10.7. The number of rotatable bonds is 6. The summed E-state index contributed by atoms with van der Waals surface area (Å²) in [6.45, 7) is 5.91. The van der Waals surface area contributed by atoms with Crippen LogP contribution in [0.5, 0.6) is 0 Å². The lowest BCUT2D eigenvalue weighted by atomic mass is 10.2. The van der Waals surface area contributed by atoms with Gasteiger partial charge in [0.1, 0.15) is 0 Å². The van der Waals surface area contributed by atoms with Crippen LogP contribution in [0.25, 0.3) is 0 Å². The van der Waals surface area contributed by atoms with Gasteiger partial charge < -0.3 is 5.73 Å². The molecule has 15 heavy (non-hydrogen) atoms. The van der Waals surface area contributed by atoms with Crippen molar-refractivity contribution in [2.75, 3.05) is 6.54 Å². The van der Waals surface area contributed by atoms with Gasteiger partial charge in [-0.25, -0.2) is 0 Å². The van der Waals surface area contributed by atoms with Crippen molar-refractivity contribution in [3.63, 3.8) is 0 Å². The molecule has 0 saturated heterocycles. The molecule has 1 aromatic heterocycles. The quantitative estimate of drug-likeness (QED) is 0.804. The summed E-state index contributed by atoms with van der Waals surface area (Å²) >= 11 is 1.75. The van der Waals surface area contributed by atoms with Gasteiger partial charge in [0, 0.05) is 30.4 Å². The highest BCUT2D eigenvalue weighted by molar-refractivity contribution is 7.09. The summed E-state index contributed by atoms with van der Waals surface area (Å²) in [4.78, 5) is 14.3. The second-order valence-electron chi connectivity index (χ2n) is 3.86. The van der Waals surface area contributed by atoms with Crippen LogP contribution in [-0.4, -0.2) is 23.4 Å². The van der Waals surface area contributed by atoms with Crippen LogP contribution in [0, 0.1) is 0 Å². The summed E-state index contributed by atoms with van der Waals surface area (Å²) in [5, 5.41) is 2.07. The maximum Gasteiger partial charge on any atom is 0.218 e. The van der Waals surface area contributed by atoms with Gasteiger partial charge in [0.2, 0.25) is 5.91 Å². The molecule has 0 fully saturated rings. The molecule has 0 aliphatic rings. The van der Waals surface area contributed by atoms with Crippen LogP contribution >= 0.6 is 11.3 Å². The van der Waals surface area contributed by atoms with Crippen LogP contribution in [-0.2, 0) is 11.3 Å². The number of carbonyl (C=O) groups is 1. The first-order chi connectivity index (χ1) is 7.09. The van der Waals surface area contributed by atoms with E-state index in [1.54, 1.807) is 11.3 Å². The molecule has 0 radical (unpaired) electrons. The van der Waals surface area contributed by atoms with E-state index in [0.29, 0.717) is 12.5 Å². The van der Waals surface area contributed by atoms with Gasteiger partial charge in [-0.15, -0.1) is 11.3 Å². The minimum atomic E-state index is -0.230. The SMILES string of the molecule is CC(C)N(CCC(N)=O)Cc1cccs1. The predicted octanol–water partition coefficient (Wildman–Crippen LogP) is 1.83. The Bertz CT molecular complexity index is 296. The molecule has 1 heterocycles. The summed E-state index contributed by atoms with van der Waals surface area (Å²) in [6.07, 6.45) is 0.434. The maximum absolute atomic E-state index is 10.7. The molecule has 0 aliphatic carbocycles. The highest BCUT2D eigenvalue weighted by Crippen LogP contribution is 2.13. The lowest BCUT2D eigenvalue weighted by Gasteiger charge is -2.25. The zero-order valence-electron chi connectivity index (χ0n) is 9.27. The Balaban J connectivity index is 2.47. The van der Waals surface area contributed by atoms with Gasteiger partial charge in [-0.05, 0) is 25.3 Å². The fourth-order valence-electron chi connectivity index (χ4n) is 1.38. The summed E-state index contributed by atoms with van der Waals surface area (Å²) in [7, 11) is 0. The molecule has 84 valence electrons. The number of carbonyl (C=O) groups excluding carboxylic acids is 1. The van der Waals surface area contributed by atoms with E-state index in [-0.39, 0.29) is 5.91 Å². The number of amides is 1. The Morgan fingerprint density at radius 3 is 2.80 bits per heavy atom. The summed E-state index contributed by atoms with van der Waals surface area (Å²) < 4.78 is 0. The Morgan fingerprint density at radius 1 is 1.60 bits per heavy atom. The van der Waals surface area contributed by atoms with Crippen molar-refractivity contribution < 1.29 is 4.79 Å². The van der Waals surface area contributed by atoms with E-state index in [1.807, 2.05) is 6.07 Å². The lowest BCUT2D eigenvalue weighted by Crippen LogP contribution is -2.33. The van der Waals surface area contributed by atoms with E-state index in [0.717, 1.165) is 13.1 Å². The fourth-order valence-corrected chi connectivity index (χ4v) is 2.11. The second-order valence-corrected chi connectivity index (χ2v) is 4.89. The third-order valence-corrected chi connectivity index (χ3v) is 3.18. The number of hydrogen-bond donors (Lipinski definition) is 1. The van der Waals surface area contributed by atoms with Gasteiger partial charge in [-0.1, -0.05) is 6.07 Å². The molecule has 1 aromatic rings. The first kappa shape index (κ1) is 12.2. The smallest absolute Gasteiger partial charge is 0.218 e. The number of thiophene rings is 1. The topological polar surface area (TPSA) is 46.3 Å². The highest BCUT2D eigenvalue weighted by atomic mass is 32.1. The van der Waals surface area contributed by atoms with E-state index in [9.17, 15) is 4.79 Å². The Kier molecular flexibility index (Phi) is 4.78. The van der Waals surface area contributed by atoms with Crippen molar-refractivity contribution >= 4 is 17.2 Å². The van der Waals surface area contributed by atoms with Crippen LogP contribution in [0.2, 0.25) is 0 Å². The Morgan fingerprint density at radius 2 is 2.33 bits per heavy atom. The molecule has 0 spiro atoms. The van der Waals surface area contributed by atoms with Crippen LogP contribution < -0.4 is 5.73 Å². The zero-order chi connectivity index (χ0) is 11.3. The molecule has 3 nitrogen and oxygen atoms in total. The Labute approximate surface area is 94.9 Å². The molecule has 2 N–H and O–H groups in total. The van der Waals surface area contributed by atoms with Crippen molar-refractivity contribution in [2.24, 2.45) is 5.73 Å². The number of nitrogens with two attached hydrogens (primary N) is 1. The van der Waals surface area contributed by atoms with Gasteiger partial charge in [-0.3, -0.25) is 9.69 Å². The zero-order valence-corrected chi connectivity index (χ0v) is 10.1. The van der Waals surface area contributed by atoms with Crippen molar-refractivity contribution in [1.82, 2.24) is 4.90 Å². The van der Waals surface area contributed by atoms with E-state index in [2.05, 4.69) is 30.2 Å². The van der Waals surface area contributed by atoms with Gasteiger partial charge in [-0.2, -0.15) is 0 Å². The summed E-state index contributed by atoms with van der Waals surface area (Å²) in [5.41, 5.74) is 5.15. The molecular formula is C11H18N2OS. The largest absolute Gasteiger partial charge is 0.370 e. The van der Waals surface area contributed by atoms with E-state index in [1.165, 1.54) is 4.88 Å². The van der Waals surface area contributed by atoms with Crippen molar-refractivity contribution in [3.05, 3.63) is 22.4 Å². The normalized spacial score (nSPS) is 11.2. The fraction of sp³-hybridized carbons (Fsp3) is 0.545. The van der Waals surface area contributed by atoms with Crippen LogP contribution in [0.4, 0.5) is 0 Å². The van der Waals surface area contributed by atoms with Crippen LogP contribution in [0.1, 0.15) is 25.1 Å². The van der Waals surface area contributed by atoms with Gasteiger partial charge in [0.15, 0.2) is 0 Å². The molecule has 0 saturated carbocycles. The average molecular weight is 226 g/mol. The van der Waals surface area contributed by atoms with Gasteiger partial charge in [0.25, 0.3) is 0 Å². The summed E-state index contributed by atoms with van der Waals surface area (Å²) in [5.74, 6) is -0.230. The average Bonchev–Trinajstić information content (AvgIpc) is 2.63. The minimum Gasteiger partial charge on any atom is -0.370 e. The molecule has 0 aromatic carbocycles. The van der Waals surface area contributed by atoms with Gasteiger partial charge >= 0.3 is 0 Å². The van der Waals surface area contributed by atoms with Crippen LogP contribution in [0.15, 0.2) is 17.5 Å². The van der Waals surface area contributed by atoms with E-state index < -0.39 is 0 Å². The molecule has 0 unspecified atom stereocenters. The standard InChI is InChI=1S/C11H18N2OS/c1-9(2)13(6-5-11(12)14)8-10-4-3-7-15-10/h3-4,7,9H,5-6,8H2,1-2H3,(H2,12,14). The highest BCUT2D eigenvalue weighted by Gasteiger charge is 2.11. The third-order valence-electron chi connectivity index (χ3n) is 2.31. The molecule has 0 aliphatic heterocycles. The Hall–Kier alpha value is -0.870. The number of nitrogens with zero attached hydrogens (tertiary/aromatic N) is 1. The molecule has 1 amide bonds. The molecular weight excluding hydrogens is 208 g/mol. The molecule has 0 bridgehead atoms. The first-order valence-corrected chi connectivity index (χ1v) is 6.02. The molecule has 1 rings (SSSR count). The van der Waals surface area contributed by atoms with E-state index in [4.69, 9.17) is 5.73 Å². The first-order valence-electron chi connectivity index (χ1n) is 5.14. The third kappa shape index (κ3) is 4.44. The summed E-state index contributed by atoms with van der Waals surface area (Å²) in [6, 6.07) is 4.60. The van der Waals surface area contributed by atoms with Crippen LogP contribution in [0.3, 0.4) is 0 Å². The van der Waals surface area contributed by atoms with Crippen molar-refractivity contribution in [1.29, 1.82) is 0 Å². The van der Waals surface area contributed by atoms with Gasteiger partial charge in [0.05, 0.1) is 0 Å². The van der Waals surface area contributed by atoms with E-state index >= 15 is 0 Å². The minimum absolute atomic E-state index is 0.230. The number of hydrogen-bond acceptors (Lipinski definition) is 3. The second kappa shape index (κ2) is 5.88.